The molecule has 0 amide bonds. The molecule has 0 aliphatic carbocycles. The Morgan fingerprint density at radius 2 is 2.00 bits per heavy atom. The second-order valence-electron chi connectivity index (χ2n) is 5.12. The molecule has 0 atom stereocenters. The predicted molar refractivity (Wildman–Crippen MR) is 80.9 cm³/mol. The van der Waals surface area contributed by atoms with Crippen LogP contribution in [0.5, 0.6) is 11.5 Å². The summed E-state index contributed by atoms with van der Waals surface area (Å²) in [6.45, 7) is 8.46. The zero-order valence-electron chi connectivity index (χ0n) is 12.6. The van der Waals surface area contributed by atoms with E-state index in [1.165, 1.54) is 5.57 Å². The van der Waals surface area contributed by atoms with Gasteiger partial charge in [0.05, 0.1) is 14.2 Å². The standard InChI is InChI=1S/C16H25NO2/c1-12(2)10-17-11-13(3)8-14-6-7-15(18-4)9-16(14)19-5/h6-9,12,17H,10-11H2,1-5H3. The Labute approximate surface area is 116 Å². The van der Waals surface area contributed by atoms with Gasteiger partial charge in [-0.2, -0.15) is 0 Å². The second-order valence-corrected chi connectivity index (χ2v) is 5.12. The van der Waals surface area contributed by atoms with Crippen LogP contribution in [0.4, 0.5) is 0 Å². The summed E-state index contributed by atoms with van der Waals surface area (Å²) in [6.07, 6.45) is 2.14. The first-order valence-electron chi connectivity index (χ1n) is 6.66. The highest BCUT2D eigenvalue weighted by Crippen LogP contribution is 2.26. The third kappa shape index (κ3) is 5.35. The van der Waals surface area contributed by atoms with Gasteiger partial charge in [0.1, 0.15) is 11.5 Å². The van der Waals surface area contributed by atoms with Gasteiger partial charge in [-0.15, -0.1) is 0 Å². The number of nitrogens with one attached hydrogen (secondary N) is 1. The van der Waals surface area contributed by atoms with Gasteiger partial charge >= 0.3 is 0 Å². The molecule has 1 aromatic rings. The lowest BCUT2D eigenvalue weighted by Gasteiger charge is -2.10. The summed E-state index contributed by atoms with van der Waals surface area (Å²) in [5.74, 6) is 2.32. The van der Waals surface area contributed by atoms with Gasteiger partial charge in [-0.25, -0.2) is 0 Å². The van der Waals surface area contributed by atoms with Crippen molar-refractivity contribution in [2.24, 2.45) is 5.92 Å². The highest BCUT2D eigenvalue weighted by atomic mass is 16.5. The smallest absolute Gasteiger partial charge is 0.129 e. The molecule has 0 aliphatic rings. The molecule has 0 fully saturated rings. The van der Waals surface area contributed by atoms with E-state index in [1.54, 1.807) is 14.2 Å². The number of rotatable bonds is 7. The van der Waals surface area contributed by atoms with Crippen LogP contribution in [0.2, 0.25) is 0 Å². The molecule has 0 radical (unpaired) electrons. The van der Waals surface area contributed by atoms with Gasteiger partial charge < -0.3 is 14.8 Å². The van der Waals surface area contributed by atoms with Crippen molar-refractivity contribution in [3.8, 4) is 11.5 Å². The Kier molecular flexibility index (Phi) is 6.43. The average molecular weight is 263 g/mol. The van der Waals surface area contributed by atoms with Crippen molar-refractivity contribution in [1.82, 2.24) is 5.32 Å². The molecule has 0 unspecified atom stereocenters. The summed E-state index contributed by atoms with van der Waals surface area (Å²) >= 11 is 0. The van der Waals surface area contributed by atoms with Crippen LogP contribution in [-0.2, 0) is 0 Å². The third-order valence-corrected chi connectivity index (χ3v) is 2.80. The Bertz CT molecular complexity index is 425. The van der Waals surface area contributed by atoms with Crippen LogP contribution in [0.3, 0.4) is 0 Å². The molecule has 0 saturated carbocycles. The molecule has 3 nitrogen and oxygen atoms in total. The number of hydrogen-bond donors (Lipinski definition) is 1. The quantitative estimate of drug-likeness (QED) is 0.818. The SMILES string of the molecule is COc1ccc(C=C(C)CNCC(C)C)c(OC)c1. The monoisotopic (exact) mass is 263 g/mol. The zero-order valence-corrected chi connectivity index (χ0v) is 12.6. The topological polar surface area (TPSA) is 30.5 Å². The van der Waals surface area contributed by atoms with Crippen LogP contribution in [0.25, 0.3) is 6.08 Å². The van der Waals surface area contributed by atoms with E-state index < -0.39 is 0 Å². The van der Waals surface area contributed by atoms with E-state index in [9.17, 15) is 0 Å². The Morgan fingerprint density at radius 1 is 1.26 bits per heavy atom. The summed E-state index contributed by atoms with van der Waals surface area (Å²) in [5, 5.41) is 3.43. The Morgan fingerprint density at radius 3 is 2.58 bits per heavy atom. The van der Waals surface area contributed by atoms with Gasteiger partial charge in [-0.05, 0) is 31.5 Å². The molecule has 0 spiro atoms. The van der Waals surface area contributed by atoms with E-state index in [1.807, 2.05) is 18.2 Å². The van der Waals surface area contributed by atoms with Gasteiger partial charge in [0, 0.05) is 18.2 Å². The Balaban J connectivity index is 2.73. The molecule has 0 aliphatic heterocycles. The highest BCUT2D eigenvalue weighted by molar-refractivity contribution is 5.61. The first-order valence-corrected chi connectivity index (χ1v) is 6.66. The zero-order chi connectivity index (χ0) is 14.3. The summed E-state index contributed by atoms with van der Waals surface area (Å²) in [7, 11) is 3.34. The molecule has 106 valence electrons. The summed E-state index contributed by atoms with van der Waals surface area (Å²) in [4.78, 5) is 0. The minimum Gasteiger partial charge on any atom is -0.497 e. The van der Waals surface area contributed by atoms with Crippen molar-refractivity contribution in [2.75, 3.05) is 27.3 Å². The van der Waals surface area contributed by atoms with Crippen LogP contribution in [0.1, 0.15) is 26.3 Å². The number of benzene rings is 1. The molecule has 19 heavy (non-hydrogen) atoms. The van der Waals surface area contributed by atoms with E-state index in [4.69, 9.17) is 9.47 Å². The number of hydrogen-bond acceptors (Lipinski definition) is 3. The molecule has 1 aromatic carbocycles. The normalized spacial score (nSPS) is 11.8. The van der Waals surface area contributed by atoms with Gasteiger partial charge in [-0.1, -0.05) is 25.5 Å². The third-order valence-electron chi connectivity index (χ3n) is 2.80. The van der Waals surface area contributed by atoms with Crippen LogP contribution in [0, 0.1) is 5.92 Å². The first-order chi connectivity index (χ1) is 9.06. The summed E-state index contributed by atoms with van der Waals surface area (Å²) < 4.78 is 10.6. The summed E-state index contributed by atoms with van der Waals surface area (Å²) in [5.41, 5.74) is 2.36. The minimum atomic E-state index is 0.670. The van der Waals surface area contributed by atoms with Gasteiger partial charge in [0.2, 0.25) is 0 Å². The van der Waals surface area contributed by atoms with E-state index in [0.29, 0.717) is 5.92 Å². The van der Waals surface area contributed by atoms with Gasteiger partial charge in [0.15, 0.2) is 0 Å². The number of methoxy groups -OCH3 is 2. The van der Waals surface area contributed by atoms with Gasteiger partial charge in [0.25, 0.3) is 0 Å². The lowest BCUT2D eigenvalue weighted by Crippen LogP contribution is -2.21. The van der Waals surface area contributed by atoms with E-state index in [0.717, 1.165) is 30.2 Å². The minimum absolute atomic E-state index is 0.670. The molecule has 1 rings (SSSR count). The maximum Gasteiger partial charge on any atom is 0.129 e. The number of ether oxygens (including phenoxy) is 2. The fraction of sp³-hybridized carbons (Fsp3) is 0.500. The van der Waals surface area contributed by atoms with Crippen molar-refractivity contribution in [2.45, 2.75) is 20.8 Å². The lowest BCUT2D eigenvalue weighted by molar-refractivity contribution is 0.393. The maximum atomic E-state index is 5.39. The predicted octanol–water partition coefficient (Wildman–Crippen LogP) is 3.35. The van der Waals surface area contributed by atoms with E-state index in [2.05, 4.69) is 32.2 Å². The first kappa shape index (κ1) is 15.6. The van der Waals surface area contributed by atoms with Crippen molar-refractivity contribution in [1.29, 1.82) is 0 Å². The highest BCUT2D eigenvalue weighted by Gasteiger charge is 2.03. The molecule has 1 N–H and O–H groups in total. The molecule has 0 saturated heterocycles. The van der Waals surface area contributed by atoms with Crippen LogP contribution in [0.15, 0.2) is 23.8 Å². The molecule has 0 bridgehead atoms. The van der Waals surface area contributed by atoms with Crippen molar-refractivity contribution >= 4 is 6.08 Å². The molecular formula is C16H25NO2. The largest absolute Gasteiger partial charge is 0.497 e. The molecule has 0 heterocycles. The fourth-order valence-electron chi connectivity index (χ4n) is 1.81. The van der Waals surface area contributed by atoms with Gasteiger partial charge in [-0.3, -0.25) is 0 Å². The van der Waals surface area contributed by atoms with Crippen LogP contribution >= 0.6 is 0 Å². The summed E-state index contributed by atoms with van der Waals surface area (Å²) in [6, 6.07) is 5.87. The molecule has 0 aromatic heterocycles. The van der Waals surface area contributed by atoms with Crippen molar-refractivity contribution < 1.29 is 9.47 Å². The van der Waals surface area contributed by atoms with E-state index in [-0.39, 0.29) is 0 Å². The second kappa shape index (κ2) is 7.85. The van der Waals surface area contributed by atoms with E-state index >= 15 is 0 Å². The van der Waals surface area contributed by atoms with Crippen molar-refractivity contribution in [3.63, 3.8) is 0 Å². The molecule has 3 heteroatoms. The van der Waals surface area contributed by atoms with Crippen molar-refractivity contribution in [3.05, 3.63) is 29.3 Å². The molecular weight excluding hydrogens is 238 g/mol. The lowest BCUT2D eigenvalue weighted by atomic mass is 10.1. The van der Waals surface area contributed by atoms with Crippen LogP contribution in [-0.4, -0.2) is 27.3 Å². The fourth-order valence-corrected chi connectivity index (χ4v) is 1.81. The maximum absolute atomic E-state index is 5.39. The average Bonchev–Trinajstić information content (AvgIpc) is 2.38. The van der Waals surface area contributed by atoms with Crippen LogP contribution < -0.4 is 14.8 Å². The Hall–Kier alpha value is -1.48.